The molecule has 188 valence electrons. The summed E-state index contributed by atoms with van der Waals surface area (Å²) in [6.07, 6.45) is 1.96. The molecule has 11 heteroatoms. The van der Waals surface area contributed by atoms with Gasteiger partial charge in [0.1, 0.15) is 11.6 Å². The van der Waals surface area contributed by atoms with Crippen LogP contribution in [0.2, 0.25) is 0 Å². The Bertz CT molecular complexity index is 1300. The molecular weight excluding hydrogens is 480 g/mol. The number of anilines is 2. The topological polar surface area (TPSA) is 105 Å². The summed E-state index contributed by atoms with van der Waals surface area (Å²) >= 11 is 0. The van der Waals surface area contributed by atoms with E-state index in [-0.39, 0.29) is 41.2 Å². The monoisotopic (exact) mass is 507 g/mol. The molecule has 8 nitrogen and oxygen atoms in total. The summed E-state index contributed by atoms with van der Waals surface area (Å²) in [7, 11) is -2.15. The number of hydrogen-bond donors (Lipinski definition) is 2. The van der Waals surface area contributed by atoms with E-state index in [1.807, 2.05) is 20.8 Å². The fourth-order valence-corrected chi connectivity index (χ4v) is 4.23. The number of nitrogens with zero attached hydrogens (tertiary/aromatic N) is 1. The van der Waals surface area contributed by atoms with Crippen LogP contribution in [0.25, 0.3) is 11.9 Å². The van der Waals surface area contributed by atoms with Gasteiger partial charge in [0.15, 0.2) is 5.82 Å². The molecule has 1 heterocycles. The molecule has 0 aliphatic carbocycles. The maximum absolute atomic E-state index is 15.8. The van der Waals surface area contributed by atoms with Gasteiger partial charge in [0.25, 0.3) is 0 Å². The second kappa shape index (κ2) is 9.65. The van der Waals surface area contributed by atoms with E-state index in [0.29, 0.717) is 5.56 Å². The molecule has 2 N–H and O–H groups in total. The number of methoxy groups -OCH3 is 1. The van der Waals surface area contributed by atoms with Crippen molar-refractivity contribution in [1.29, 1.82) is 0 Å². The fraction of sp³-hybridized carbons (Fsp3) is 0.333. The first-order chi connectivity index (χ1) is 16.2. The van der Waals surface area contributed by atoms with Crippen molar-refractivity contribution in [2.75, 3.05) is 29.5 Å². The Morgan fingerprint density at radius 3 is 2.34 bits per heavy atom. The van der Waals surface area contributed by atoms with Crippen LogP contribution in [-0.2, 0) is 20.2 Å². The van der Waals surface area contributed by atoms with Crippen molar-refractivity contribution in [3.05, 3.63) is 52.8 Å². The number of sulfonamides is 1. The number of nitrogens with one attached hydrogen (secondary N) is 2. The molecule has 1 fully saturated rings. The molecule has 0 unspecified atom stereocenters. The molecule has 2 aromatic rings. The van der Waals surface area contributed by atoms with Crippen LogP contribution < -0.4 is 19.7 Å². The van der Waals surface area contributed by atoms with Crippen LogP contribution in [0.3, 0.4) is 0 Å². The van der Waals surface area contributed by atoms with Gasteiger partial charge >= 0.3 is 6.03 Å². The van der Waals surface area contributed by atoms with E-state index >= 15 is 8.78 Å². The van der Waals surface area contributed by atoms with Crippen LogP contribution in [0, 0.1) is 5.82 Å². The molecule has 0 atom stereocenters. The largest absolute Gasteiger partial charge is 0.496 e. The number of rotatable bonds is 6. The molecule has 1 aliphatic rings. The van der Waals surface area contributed by atoms with E-state index in [1.165, 1.54) is 37.4 Å². The quantitative estimate of drug-likeness (QED) is 0.564. The van der Waals surface area contributed by atoms with Gasteiger partial charge in [-0.2, -0.15) is 0 Å². The summed E-state index contributed by atoms with van der Waals surface area (Å²) in [6.45, 7) is 5.56. The van der Waals surface area contributed by atoms with Crippen molar-refractivity contribution < 1.29 is 31.5 Å². The maximum Gasteiger partial charge on any atom is 0.328 e. The Labute approximate surface area is 203 Å². The van der Waals surface area contributed by atoms with Crippen molar-refractivity contribution in [3.8, 4) is 5.75 Å². The van der Waals surface area contributed by atoms with Gasteiger partial charge in [-0.1, -0.05) is 20.8 Å². The summed E-state index contributed by atoms with van der Waals surface area (Å²) < 4.78 is 61.6. The SMILES string of the molecule is COc1c(C(C)(C)C)cc(N2CCC(=O)NC2=O)c(F)c1/C=C(\F)c1ccc(NS(C)(=O)=O)cc1. The number of urea groups is 1. The van der Waals surface area contributed by atoms with Gasteiger partial charge in [0.05, 0.1) is 24.6 Å². The number of carbonyl (C=O) groups is 2. The lowest BCUT2D eigenvalue weighted by molar-refractivity contribution is -0.120. The number of halogens is 2. The molecule has 1 aliphatic heterocycles. The standard InChI is InChI=1S/C24H27F2N3O5S/c1-24(2,3)17-13-19(29-11-10-20(30)27-23(29)31)21(26)16(22(17)34-4)12-18(25)14-6-8-15(9-7-14)28-35(5,32)33/h6-9,12-13,28H,10-11H2,1-5H3,(H,27,30,31)/b18-12-. The van der Waals surface area contributed by atoms with Gasteiger partial charge in [-0.25, -0.2) is 22.0 Å². The highest BCUT2D eigenvalue weighted by Crippen LogP contribution is 2.42. The highest BCUT2D eigenvalue weighted by molar-refractivity contribution is 7.92. The molecule has 0 radical (unpaired) electrons. The molecular formula is C24H27F2N3O5S. The number of ether oxygens (including phenoxy) is 1. The predicted octanol–water partition coefficient (Wildman–Crippen LogP) is 4.42. The van der Waals surface area contributed by atoms with E-state index in [9.17, 15) is 18.0 Å². The molecule has 35 heavy (non-hydrogen) atoms. The first-order valence-corrected chi connectivity index (χ1v) is 12.6. The molecule has 2 aromatic carbocycles. The van der Waals surface area contributed by atoms with E-state index in [4.69, 9.17) is 4.74 Å². The number of carbonyl (C=O) groups excluding carboxylic acids is 2. The highest BCUT2D eigenvalue weighted by atomic mass is 32.2. The van der Waals surface area contributed by atoms with Crippen LogP contribution in [0.4, 0.5) is 25.0 Å². The minimum absolute atomic E-state index is 0.00451. The van der Waals surface area contributed by atoms with Gasteiger partial charge in [0.2, 0.25) is 15.9 Å². The first-order valence-electron chi connectivity index (χ1n) is 10.7. The number of amides is 3. The average Bonchev–Trinajstić information content (AvgIpc) is 2.74. The lowest BCUT2D eigenvalue weighted by Crippen LogP contribution is -2.50. The van der Waals surface area contributed by atoms with Gasteiger partial charge < -0.3 is 4.74 Å². The van der Waals surface area contributed by atoms with E-state index < -0.39 is 39.0 Å². The van der Waals surface area contributed by atoms with Crippen molar-refractivity contribution in [1.82, 2.24) is 5.32 Å². The number of benzene rings is 2. The summed E-state index contributed by atoms with van der Waals surface area (Å²) in [6, 6.07) is 6.16. The Morgan fingerprint density at radius 2 is 1.83 bits per heavy atom. The highest BCUT2D eigenvalue weighted by Gasteiger charge is 2.32. The maximum atomic E-state index is 15.8. The first kappa shape index (κ1) is 26.1. The van der Waals surface area contributed by atoms with Crippen LogP contribution in [0.15, 0.2) is 30.3 Å². The Morgan fingerprint density at radius 1 is 1.20 bits per heavy atom. The Balaban J connectivity index is 2.15. The summed E-state index contributed by atoms with van der Waals surface area (Å²) in [5, 5.41) is 2.16. The smallest absolute Gasteiger partial charge is 0.328 e. The minimum atomic E-state index is -3.50. The van der Waals surface area contributed by atoms with Crippen LogP contribution in [0.5, 0.6) is 5.75 Å². The third-order valence-electron chi connectivity index (χ3n) is 5.32. The fourth-order valence-electron chi connectivity index (χ4n) is 3.67. The van der Waals surface area contributed by atoms with E-state index in [2.05, 4.69) is 10.0 Å². The van der Waals surface area contributed by atoms with Crippen LogP contribution in [-0.4, -0.2) is 40.3 Å². The van der Waals surface area contributed by atoms with E-state index in [0.717, 1.165) is 17.2 Å². The Hall–Kier alpha value is -3.47. The van der Waals surface area contributed by atoms with Crippen molar-refractivity contribution in [3.63, 3.8) is 0 Å². The second-order valence-corrected chi connectivity index (χ2v) is 10.9. The zero-order chi connectivity index (χ0) is 26.1. The van der Waals surface area contributed by atoms with Gasteiger partial charge in [-0.3, -0.25) is 19.7 Å². The zero-order valence-electron chi connectivity index (χ0n) is 20.0. The van der Waals surface area contributed by atoms with Gasteiger partial charge in [-0.15, -0.1) is 0 Å². The minimum Gasteiger partial charge on any atom is -0.496 e. The third kappa shape index (κ3) is 5.97. The zero-order valence-corrected chi connectivity index (χ0v) is 20.8. The van der Waals surface area contributed by atoms with Crippen molar-refractivity contribution in [2.24, 2.45) is 0 Å². The van der Waals surface area contributed by atoms with Gasteiger partial charge in [-0.05, 0) is 41.8 Å². The van der Waals surface area contributed by atoms with Crippen LogP contribution >= 0.6 is 0 Å². The van der Waals surface area contributed by atoms with Crippen molar-refractivity contribution in [2.45, 2.75) is 32.6 Å². The number of imide groups is 1. The normalized spacial score (nSPS) is 15.2. The summed E-state index contributed by atoms with van der Waals surface area (Å²) in [4.78, 5) is 25.1. The summed E-state index contributed by atoms with van der Waals surface area (Å²) in [5.41, 5.74) is -0.00531. The lowest BCUT2D eigenvalue weighted by Gasteiger charge is -2.31. The molecule has 3 rings (SSSR count). The average molecular weight is 508 g/mol. The van der Waals surface area contributed by atoms with Crippen LogP contribution in [0.1, 0.15) is 43.9 Å². The molecule has 3 amide bonds. The molecule has 0 spiro atoms. The molecule has 0 aromatic heterocycles. The number of hydrogen-bond acceptors (Lipinski definition) is 5. The third-order valence-corrected chi connectivity index (χ3v) is 5.93. The second-order valence-electron chi connectivity index (χ2n) is 9.15. The predicted molar refractivity (Wildman–Crippen MR) is 131 cm³/mol. The van der Waals surface area contributed by atoms with E-state index in [1.54, 1.807) is 0 Å². The van der Waals surface area contributed by atoms with Gasteiger partial charge in [0, 0.05) is 29.8 Å². The summed E-state index contributed by atoms with van der Waals surface area (Å²) in [5.74, 6) is -2.04. The lowest BCUT2D eigenvalue weighted by atomic mass is 9.84. The van der Waals surface area contributed by atoms with Crippen molar-refractivity contribution >= 4 is 45.2 Å². The Kier molecular flexibility index (Phi) is 7.21. The molecule has 0 saturated carbocycles. The molecule has 1 saturated heterocycles. The molecule has 0 bridgehead atoms.